The highest BCUT2D eigenvalue weighted by atomic mass is 35.5. The largest absolute Gasteiger partial charge is 0.496 e. The Morgan fingerprint density at radius 1 is 1.21 bits per heavy atom. The van der Waals surface area contributed by atoms with Gasteiger partial charge in [0.25, 0.3) is 0 Å². The topological polar surface area (TPSA) is 35.0 Å². The van der Waals surface area contributed by atoms with Gasteiger partial charge in [-0.05, 0) is 44.0 Å². The lowest BCUT2D eigenvalue weighted by atomic mass is 10.1. The fraction of sp³-hybridized carbons (Fsp3) is 0.333. The lowest BCUT2D eigenvalue weighted by Gasteiger charge is -2.10. The summed E-state index contributed by atoms with van der Waals surface area (Å²) in [5.41, 5.74) is 3.95. The van der Waals surface area contributed by atoms with Crippen LogP contribution in [0.4, 0.5) is 0 Å². The Morgan fingerprint density at radius 3 is 2.47 bits per heavy atom. The molecule has 0 saturated carbocycles. The third kappa shape index (κ3) is 2.71. The number of aryl methyl sites for hydroxylation is 2. The summed E-state index contributed by atoms with van der Waals surface area (Å²) in [6.07, 6.45) is 0.840. The van der Waals surface area contributed by atoms with E-state index >= 15 is 0 Å². The van der Waals surface area contributed by atoms with Gasteiger partial charge in [-0.1, -0.05) is 18.5 Å². The maximum Gasteiger partial charge on any atom is 0.161 e. The SMILES string of the molecule is CCc1c(C)nc(-c2ccc(OC)c(C)c2)nc1Cl. The monoisotopic (exact) mass is 276 g/mol. The third-order valence-electron chi connectivity index (χ3n) is 3.17. The number of aromatic nitrogens is 2. The van der Waals surface area contributed by atoms with Crippen molar-refractivity contribution in [2.24, 2.45) is 0 Å². The average Bonchev–Trinajstić information content (AvgIpc) is 2.38. The van der Waals surface area contributed by atoms with Gasteiger partial charge in [0.05, 0.1) is 7.11 Å². The maximum absolute atomic E-state index is 6.21. The van der Waals surface area contributed by atoms with Crippen LogP contribution < -0.4 is 4.74 Å². The van der Waals surface area contributed by atoms with Gasteiger partial charge in [0, 0.05) is 16.8 Å². The summed E-state index contributed by atoms with van der Waals surface area (Å²) in [6, 6.07) is 5.88. The first-order valence-electron chi connectivity index (χ1n) is 6.24. The second-order valence-electron chi connectivity index (χ2n) is 4.44. The van der Waals surface area contributed by atoms with E-state index in [1.165, 1.54) is 0 Å². The van der Waals surface area contributed by atoms with Gasteiger partial charge >= 0.3 is 0 Å². The molecule has 19 heavy (non-hydrogen) atoms. The smallest absolute Gasteiger partial charge is 0.161 e. The number of hydrogen-bond acceptors (Lipinski definition) is 3. The van der Waals surface area contributed by atoms with Gasteiger partial charge in [-0.15, -0.1) is 0 Å². The van der Waals surface area contributed by atoms with E-state index in [0.29, 0.717) is 11.0 Å². The highest BCUT2D eigenvalue weighted by Crippen LogP contribution is 2.26. The summed E-state index contributed by atoms with van der Waals surface area (Å²) < 4.78 is 5.25. The van der Waals surface area contributed by atoms with Crippen molar-refractivity contribution in [3.05, 3.63) is 40.2 Å². The Morgan fingerprint density at radius 2 is 1.95 bits per heavy atom. The minimum absolute atomic E-state index is 0.540. The lowest BCUT2D eigenvalue weighted by Crippen LogP contribution is -1.99. The van der Waals surface area contributed by atoms with Gasteiger partial charge in [-0.3, -0.25) is 0 Å². The molecule has 100 valence electrons. The summed E-state index contributed by atoms with van der Waals surface area (Å²) >= 11 is 6.21. The van der Waals surface area contributed by atoms with E-state index in [0.717, 1.165) is 34.6 Å². The minimum Gasteiger partial charge on any atom is -0.496 e. The molecule has 0 bridgehead atoms. The zero-order valence-electron chi connectivity index (χ0n) is 11.6. The summed E-state index contributed by atoms with van der Waals surface area (Å²) in [5.74, 6) is 1.52. The van der Waals surface area contributed by atoms with Crippen molar-refractivity contribution in [3.8, 4) is 17.1 Å². The molecule has 0 aliphatic heterocycles. The van der Waals surface area contributed by atoms with Gasteiger partial charge in [-0.2, -0.15) is 0 Å². The van der Waals surface area contributed by atoms with Crippen LogP contribution >= 0.6 is 11.6 Å². The van der Waals surface area contributed by atoms with Gasteiger partial charge in [0.2, 0.25) is 0 Å². The normalized spacial score (nSPS) is 10.6. The van der Waals surface area contributed by atoms with Crippen molar-refractivity contribution in [2.45, 2.75) is 27.2 Å². The van der Waals surface area contributed by atoms with E-state index in [4.69, 9.17) is 16.3 Å². The van der Waals surface area contributed by atoms with Crippen molar-refractivity contribution >= 4 is 11.6 Å². The first kappa shape index (κ1) is 13.8. The molecule has 3 nitrogen and oxygen atoms in total. The number of benzene rings is 1. The van der Waals surface area contributed by atoms with Gasteiger partial charge in [-0.25, -0.2) is 9.97 Å². The predicted octanol–water partition coefficient (Wildman–Crippen LogP) is 3.98. The van der Waals surface area contributed by atoms with Crippen LogP contribution in [0.1, 0.15) is 23.7 Å². The maximum atomic E-state index is 6.21. The van der Waals surface area contributed by atoms with Gasteiger partial charge in [0.15, 0.2) is 5.82 Å². The number of halogens is 1. The highest BCUT2D eigenvalue weighted by Gasteiger charge is 2.11. The van der Waals surface area contributed by atoms with Crippen molar-refractivity contribution in [1.82, 2.24) is 9.97 Å². The Kier molecular flexibility index (Phi) is 4.05. The molecular formula is C15H17ClN2O. The van der Waals surface area contributed by atoms with Crippen LogP contribution in [0.5, 0.6) is 5.75 Å². The highest BCUT2D eigenvalue weighted by molar-refractivity contribution is 6.30. The van der Waals surface area contributed by atoms with Crippen LogP contribution in [0.3, 0.4) is 0 Å². The number of ether oxygens (including phenoxy) is 1. The molecule has 0 amide bonds. The molecular weight excluding hydrogens is 260 g/mol. The molecule has 2 aromatic rings. The number of hydrogen-bond donors (Lipinski definition) is 0. The van der Waals surface area contributed by atoms with Crippen molar-refractivity contribution in [2.75, 3.05) is 7.11 Å². The van der Waals surface area contributed by atoms with Crippen LogP contribution in [-0.4, -0.2) is 17.1 Å². The predicted molar refractivity (Wildman–Crippen MR) is 77.9 cm³/mol. The van der Waals surface area contributed by atoms with E-state index in [2.05, 4.69) is 16.9 Å². The first-order valence-corrected chi connectivity index (χ1v) is 6.62. The standard InChI is InChI=1S/C15H17ClN2O/c1-5-12-10(3)17-15(18-14(12)16)11-6-7-13(19-4)9(2)8-11/h6-8H,5H2,1-4H3. The average molecular weight is 277 g/mol. The number of methoxy groups -OCH3 is 1. The second kappa shape index (κ2) is 5.57. The molecule has 0 N–H and O–H groups in total. The van der Waals surface area contributed by atoms with Crippen molar-refractivity contribution in [3.63, 3.8) is 0 Å². The molecule has 1 heterocycles. The molecule has 0 atom stereocenters. The van der Waals surface area contributed by atoms with E-state index in [1.54, 1.807) is 7.11 Å². The molecule has 4 heteroatoms. The molecule has 0 radical (unpaired) electrons. The summed E-state index contributed by atoms with van der Waals surface area (Å²) in [4.78, 5) is 8.92. The van der Waals surface area contributed by atoms with E-state index in [-0.39, 0.29) is 0 Å². The molecule has 0 aliphatic carbocycles. The second-order valence-corrected chi connectivity index (χ2v) is 4.80. The van der Waals surface area contributed by atoms with Crippen LogP contribution in [0.25, 0.3) is 11.4 Å². The van der Waals surface area contributed by atoms with Gasteiger partial charge in [0.1, 0.15) is 10.9 Å². The number of nitrogens with zero attached hydrogens (tertiary/aromatic N) is 2. The molecule has 0 unspecified atom stereocenters. The Balaban J connectivity index is 2.50. The van der Waals surface area contributed by atoms with Crippen molar-refractivity contribution in [1.29, 1.82) is 0 Å². The fourth-order valence-corrected chi connectivity index (χ4v) is 2.46. The van der Waals surface area contributed by atoms with Crippen LogP contribution in [0, 0.1) is 13.8 Å². The van der Waals surface area contributed by atoms with Crippen molar-refractivity contribution < 1.29 is 4.74 Å². The zero-order chi connectivity index (χ0) is 14.0. The van der Waals surface area contributed by atoms with E-state index in [9.17, 15) is 0 Å². The first-order chi connectivity index (χ1) is 9.06. The zero-order valence-corrected chi connectivity index (χ0v) is 12.4. The Labute approximate surface area is 118 Å². The summed E-state index contributed by atoms with van der Waals surface area (Å²) in [5, 5.41) is 0.540. The summed E-state index contributed by atoms with van der Waals surface area (Å²) in [7, 11) is 1.66. The lowest BCUT2D eigenvalue weighted by molar-refractivity contribution is 0.412. The number of rotatable bonds is 3. The molecule has 0 aliphatic rings. The van der Waals surface area contributed by atoms with E-state index < -0.39 is 0 Å². The van der Waals surface area contributed by atoms with Crippen LogP contribution in [0.2, 0.25) is 5.15 Å². The van der Waals surface area contributed by atoms with Crippen LogP contribution in [0.15, 0.2) is 18.2 Å². The minimum atomic E-state index is 0.540. The molecule has 1 aromatic carbocycles. The fourth-order valence-electron chi connectivity index (χ4n) is 2.11. The Bertz CT molecular complexity index is 588. The molecule has 0 saturated heterocycles. The summed E-state index contributed by atoms with van der Waals surface area (Å²) in [6.45, 7) is 6.01. The van der Waals surface area contributed by atoms with Crippen LogP contribution in [-0.2, 0) is 6.42 Å². The molecule has 0 fully saturated rings. The third-order valence-corrected chi connectivity index (χ3v) is 3.48. The molecule has 2 rings (SSSR count). The van der Waals surface area contributed by atoms with Gasteiger partial charge < -0.3 is 4.74 Å². The van der Waals surface area contributed by atoms with E-state index in [1.807, 2.05) is 32.0 Å². The molecule has 0 spiro atoms. The quantitative estimate of drug-likeness (QED) is 0.795. The Hall–Kier alpha value is -1.61. The molecule has 1 aromatic heterocycles.